The Bertz CT molecular complexity index is 204. The first-order valence-corrected chi connectivity index (χ1v) is 6.55. The van der Waals surface area contributed by atoms with Crippen LogP contribution < -0.4 is 0 Å². The molecule has 3 unspecified atom stereocenters. The van der Waals surface area contributed by atoms with Crippen LogP contribution in [0.5, 0.6) is 0 Å². The largest absolute Gasteiger partial charge is 0.582 e. The van der Waals surface area contributed by atoms with Gasteiger partial charge in [0.2, 0.25) is 0 Å². The van der Waals surface area contributed by atoms with Gasteiger partial charge in [0.1, 0.15) is 26.7 Å². The molecule has 0 amide bonds. The van der Waals surface area contributed by atoms with Crippen molar-refractivity contribution in [3.05, 3.63) is 0 Å². The second-order valence-corrected chi connectivity index (χ2v) is 5.10. The Labute approximate surface area is 86.0 Å². The lowest BCUT2D eigenvalue weighted by molar-refractivity contribution is 0.0395. The van der Waals surface area contributed by atoms with Crippen molar-refractivity contribution in [2.24, 2.45) is 11.8 Å². The van der Waals surface area contributed by atoms with Crippen LogP contribution in [0, 0.1) is 11.8 Å². The van der Waals surface area contributed by atoms with Gasteiger partial charge >= 0.3 is 7.23 Å². The van der Waals surface area contributed by atoms with Gasteiger partial charge < -0.3 is 4.74 Å². The minimum Gasteiger partial charge on any atom is -0.382 e. The Morgan fingerprint density at radius 3 is 2.54 bits per heavy atom. The summed E-state index contributed by atoms with van der Waals surface area (Å²) in [5, 5.41) is 0. The molecule has 1 aliphatic heterocycles. The van der Waals surface area contributed by atoms with Crippen molar-refractivity contribution in [2.75, 3.05) is 6.61 Å². The summed E-state index contributed by atoms with van der Waals surface area (Å²) >= 11 is 3.65. The maximum absolute atomic E-state index is 10.6. The average Bonchev–Trinajstić information content (AvgIpc) is 2.29. The Hall–Kier alpha value is 0.435. The molecular weight excluding hydrogens is 206 g/mol. The van der Waals surface area contributed by atoms with Crippen LogP contribution in [0.25, 0.3) is 0 Å². The van der Waals surface area contributed by atoms with Gasteiger partial charge in [-0.25, -0.2) is 0 Å². The van der Waals surface area contributed by atoms with E-state index >= 15 is 0 Å². The summed E-state index contributed by atoms with van der Waals surface area (Å²) in [4.78, 5) is 0. The fourth-order valence-electron chi connectivity index (χ4n) is 1.42. The maximum Gasteiger partial charge on any atom is 0.582 e. The molecule has 0 aromatic carbocycles. The first-order valence-electron chi connectivity index (χ1n) is 4.22. The fourth-order valence-corrected chi connectivity index (χ4v) is 1.89. The smallest absolute Gasteiger partial charge is 0.382 e. The molecule has 0 aromatic heterocycles. The number of hydrogen-bond acceptors (Lipinski definition) is 3. The zero-order valence-corrected chi connectivity index (χ0v) is 9.50. The molecule has 5 atom stereocenters. The third-order valence-electron chi connectivity index (χ3n) is 2.62. The highest BCUT2D eigenvalue weighted by Gasteiger charge is 2.37. The van der Waals surface area contributed by atoms with Gasteiger partial charge in [-0.15, -0.1) is 4.52 Å². The summed E-state index contributed by atoms with van der Waals surface area (Å²) in [6.07, 6.45) is -0.0592. The summed E-state index contributed by atoms with van der Waals surface area (Å²) in [6.45, 7) is 4.39. The molecule has 2 radical (unpaired) electrons. The van der Waals surface area contributed by atoms with Gasteiger partial charge in [-0.2, -0.15) is 0 Å². The van der Waals surface area contributed by atoms with Crippen molar-refractivity contribution in [1.29, 1.82) is 0 Å². The van der Waals surface area contributed by atoms with Gasteiger partial charge in [0, 0.05) is 6.00 Å². The Morgan fingerprint density at radius 2 is 2.15 bits per heavy atom. The minimum atomic E-state index is -1.84. The van der Waals surface area contributed by atoms with Crippen LogP contribution >= 0.6 is 19.5 Å². The number of thiol groups is 1. The van der Waals surface area contributed by atoms with Crippen LogP contribution in [-0.4, -0.2) is 26.6 Å². The number of rotatable bonds is 3. The molecule has 1 saturated heterocycles. The molecule has 0 bridgehead atoms. The van der Waals surface area contributed by atoms with Crippen molar-refractivity contribution in [2.45, 2.75) is 26.0 Å². The van der Waals surface area contributed by atoms with E-state index in [1.54, 1.807) is 0 Å². The van der Waals surface area contributed by atoms with Gasteiger partial charge in [0.25, 0.3) is 0 Å². The first kappa shape index (κ1) is 11.5. The third kappa shape index (κ3) is 2.95. The number of hydrogen-bond donors (Lipinski definition) is 1. The van der Waals surface area contributed by atoms with Gasteiger partial charge in [0.05, 0.1) is 6.10 Å². The molecule has 0 spiro atoms. The highest BCUT2D eigenvalue weighted by atomic mass is 32.7. The van der Waals surface area contributed by atoms with Crippen LogP contribution in [0.1, 0.15) is 13.8 Å². The predicted molar refractivity (Wildman–Crippen MR) is 55.3 cm³/mol. The zero-order chi connectivity index (χ0) is 10.0. The average molecular weight is 219 g/mol. The quantitative estimate of drug-likeness (QED) is 0.446. The van der Waals surface area contributed by atoms with Crippen molar-refractivity contribution in [3.8, 4) is 0 Å². The van der Waals surface area contributed by atoms with E-state index in [4.69, 9.17) is 17.1 Å². The van der Waals surface area contributed by atoms with Gasteiger partial charge in [-0.1, -0.05) is 13.8 Å². The van der Waals surface area contributed by atoms with E-state index in [2.05, 4.69) is 19.2 Å². The molecule has 3 nitrogen and oxygen atoms in total. The van der Waals surface area contributed by atoms with Crippen LogP contribution in [0.2, 0.25) is 0 Å². The van der Waals surface area contributed by atoms with Crippen molar-refractivity contribution < 1.29 is 13.8 Å². The van der Waals surface area contributed by atoms with E-state index in [-0.39, 0.29) is 12.1 Å². The summed E-state index contributed by atoms with van der Waals surface area (Å²) in [7, 11) is 3.86. The lowest BCUT2D eigenvalue weighted by Gasteiger charge is -2.12. The van der Waals surface area contributed by atoms with E-state index in [1.807, 2.05) is 6.92 Å². The molecule has 0 aliphatic carbocycles. The molecule has 0 aromatic rings. The summed E-state index contributed by atoms with van der Waals surface area (Å²) in [5.41, 5.74) is 0. The summed E-state index contributed by atoms with van der Waals surface area (Å²) in [6, 6.07) is -0.235. The standard InChI is InChI=1S/C7H12BO3PS/c1-4-5(2)7(8)11-6(4)3-10-12(9)13/h4-7H,3H2,1-2H3/p+1/t4?,5?,6-,7-/m1/s1. The van der Waals surface area contributed by atoms with Crippen molar-refractivity contribution in [3.63, 3.8) is 0 Å². The SMILES string of the molecule is [B][C@@H]1O[C@H](CO[P+](=O)S)C(C)C1C. The molecule has 0 N–H and O–H groups in total. The molecular formula is C7H13BO3PS+. The van der Waals surface area contributed by atoms with E-state index in [0.29, 0.717) is 18.4 Å². The predicted octanol–water partition coefficient (Wildman–Crippen LogP) is 1.76. The fraction of sp³-hybridized carbons (Fsp3) is 1.00. The van der Waals surface area contributed by atoms with Crippen LogP contribution in [0.15, 0.2) is 0 Å². The lowest BCUT2D eigenvalue weighted by Crippen LogP contribution is -2.20. The van der Waals surface area contributed by atoms with Gasteiger partial charge in [-0.05, 0) is 16.4 Å². The maximum atomic E-state index is 10.6. The van der Waals surface area contributed by atoms with Gasteiger partial charge in [-0.3, -0.25) is 0 Å². The first-order chi connectivity index (χ1) is 6.02. The highest BCUT2D eigenvalue weighted by molar-refractivity contribution is 8.39. The number of ether oxygens (including phenoxy) is 1. The topological polar surface area (TPSA) is 35.5 Å². The normalized spacial score (nSPS) is 40.7. The van der Waals surface area contributed by atoms with Crippen molar-refractivity contribution >= 4 is 27.3 Å². The third-order valence-corrected chi connectivity index (χ3v) is 3.33. The molecule has 1 fully saturated rings. The molecule has 1 heterocycles. The second kappa shape index (κ2) is 4.78. The molecule has 72 valence electrons. The molecule has 13 heavy (non-hydrogen) atoms. The Kier molecular flexibility index (Phi) is 4.24. The zero-order valence-electron chi connectivity index (χ0n) is 7.71. The monoisotopic (exact) mass is 219 g/mol. The lowest BCUT2D eigenvalue weighted by atomic mass is 9.82. The highest BCUT2D eigenvalue weighted by Crippen LogP contribution is 2.34. The van der Waals surface area contributed by atoms with Crippen LogP contribution in [-0.2, 0) is 13.8 Å². The minimum absolute atomic E-state index is 0.0592. The Balaban J connectivity index is 2.40. The van der Waals surface area contributed by atoms with Crippen LogP contribution in [0.3, 0.4) is 0 Å². The summed E-state index contributed by atoms with van der Waals surface area (Å²) < 4.78 is 20.9. The van der Waals surface area contributed by atoms with E-state index in [0.717, 1.165) is 0 Å². The van der Waals surface area contributed by atoms with E-state index < -0.39 is 7.23 Å². The second-order valence-electron chi connectivity index (χ2n) is 3.39. The van der Waals surface area contributed by atoms with Crippen LogP contribution in [0.4, 0.5) is 0 Å². The molecule has 1 rings (SSSR count). The van der Waals surface area contributed by atoms with E-state index in [1.165, 1.54) is 0 Å². The van der Waals surface area contributed by atoms with Crippen molar-refractivity contribution in [1.82, 2.24) is 0 Å². The van der Waals surface area contributed by atoms with Gasteiger partial charge in [0.15, 0.2) is 0 Å². The molecule has 1 aliphatic rings. The molecule has 0 saturated carbocycles. The molecule has 6 heteroatoms. The summed E-state index contributed by atoms with van der Waals surface area (Å²) in [5.74, 6) is 0.643. The van der Waals surface area contributed by atoms with E-state index in [9.17, 15) is 4.57 Å². The Morgan fingerprint density at radius 1 is 1.54 bits per heavy atom.